The van der Waals surface area contributed by atoms with Crippen molar-refractivity contribution in [1.29, 1.82) is 0 Å². The lowest BCUT2D eigenvalue weighted by Crippen LogP contribution is -2.42. The first-order valence-corrected chi connectivity index (χ1v) is 10.5. The number of hydrogen-bond acceptors (Lipinski definition) is 3. The molecule has 7 heteroatoms. The topological polar surface area (TPSA) is 65.5 Å². The van der Waals surface area contributed by atoms with Gasteiger partial charge in [-0.1, -0.05) is 44.4 Å². The van der Waals surface area contributed by atoms with E-state index in [1.165, 1.54) is 24.2 Å². The van der Waals surface area contributed by atoms with Gasteiger partial charge in [0.25, 0.3) is 0 Å². The highest BCUT2D eigenvalue weighted by atomic mass is 127. The van der Waals surface area contributed by atoms with Gasteiger partial charge in [-0.05, 0) is 25.0 Å². The van der Waals surface area contributed by atoms with Crippen molar-refractivity contribution in [3.8, 4) is 0 Å². The van der Waals surface area contributed by atoms with Crippen molar-refractivity contribution in [2.24, 2.45) is 4.99 Å². The number of aliphatic imine (C=N–C) groups is 1. The summed E-state index contributed by atoms with van der Waals surface area (Å²) in [5.41, 5.74) is 0. The molecule has 1 atom stereocenters. The van der Waals surface area contributed by atoms with Crippen LogP contribution in [0.3, 0.4) is 0 Å². The van der Waals surface area contributed by atoms with Crippen molar-refractivity contribution in [2.75, 3.05) is 20.1 Å². The molecule has 1 fully saturated rings. The molecule has 1 aromatic rings. The molecule has 1 amide bonds. The van der Waals surface area contributed by atoms with Gasteiger partial charge in [0.2, 0.25) is 5.91 Å². The third-order valence-electron chi connectivity index (χ3n) is 4.48. The number of amides is 1. The van der Waals surface area contributed by atoms with Crippen LogP contribution in [-0.4, -0.2) is 43.3 Å². The predicted octanol–water partition coefficient (Wildman–Crippen LogP) is 3.79. The molecule has 3 N–H and O–H groups in total. The molecular formula is C20H33IN4OS. The number of halogens is 1. The normalized spacial score (nSPS) is 16.1. The van der Waals surface area contributed by atoms with E-state index in [4.69, 9.17) is 0 Å². The summed E-state index contributed by atoms with van der Waals surface area (Å²) in [5, 5.41) is 10.1. The second kappa shape index (κ2) is 14.1. The van der Waals surface area contributed by atoms with Crippen molar-refractivity contribution in [3.63, 3.8) is 0 Å². The lowest BCUT2D eigenvalue weighted by molar-refractivity contribution is -0.121. The minimum Gasteiger partial charge on any atom is -0.356 e. The number of thioether (sulfide) groups is 1. The number of rotatable bonds is 8. The van der Waals surface area contributed by atoms with Crippen LogP contribution in [0.15, 0.2) is 40.2 Å². The van der Waals surface area contributed by atoms with Crippen LogP contribution in [0, 0.1) is 0 Å². The fourth-order valence-electron chi connectivity index (χ4n) is 3.08. The summed E-state index contributed by atoms with van der Waals surface area (Å²) in [6.07, 6.45) is 6.50. The molecule has 0 spiro atoms. The lowest BCUT2D eigenvalue weighted by Gasteiger charge is -2.22. The minimum absolute atomic E-state index is 0. The van der Waals surface area contributed by atoms with E-state index in [9.17, 15) is 4.79 Å². The molecule has 152 valence electrons. The number of hydrogen-bond donors (Lipinski definition) is 3. The Kier molecular flexibility index (Phi) is 12.6. The summed E-state index contributed by atoms with van der Waals surface area (Å²) in [5.74, 6) is 0.879. The first kappa shape index (κ1) is 24.1. The molecule has 1 saturated carbocycles. The van der Waals surface area contributed by atoms with E-state index in [1.54, 1.807) is 7.05 Å². The van der Waals surface area contributed by atoms with Gasteiger partial charge in [0.15, 0.2) is 5.96 Å². The molecule has 5 nitrogen and oxygen atoms in total. The zero-order valence-corrected chi connectivity index (χ0v) is 19.5. The SMILES string of the molecule is CN=C(NCCC(=O)NC1CCCCC1)NCC(C)Sc1ccccc1.I. The number of guanidine groups is 1. The molecule has 1 aliphatic carbocycles. The van der Waals surface area contributed by atoms with Gasteiger partial charge in [0.1, 0.15) is 0 Å². The number of carbonyl (C=O) groups is 1. The largest absolute Gasteiger partial charge is 0.356 e. The van der Waals surface area contributed by atoms with E-state index in [0.717, 1.165) is 25.3 Å². The Bertz CT molecular complexity index is 564. The van der Waals surface area contributed by atoms with E-state index in [-0.39, 0.29) is 29.9 Å². The average Bonchev–Trinajstić information content (AvgIpc) is 2.66. The second-order valence-electron chi connectivity index (χ2n) is 6.77. The number of nitrogens with one attached hydrogen (secondary N) is 3. The van der Waals surface area contributed by atoms with Crippen LogP contribution in [-0.2, 0) is 4.79 Å². The van der Waals surface area contributed by atoms with Crippen molar-refractivity contribution < 1.29 is 4.79 Å². The monoisotopic (exact) mass is 504 g/mol. The molecule has 0 aliphatic heterocycles. The molecule has 0 saturated heterocycles. The van der Waals surface area contributed by atoms with Gasteiger partial charge in [-0.15, -0.1) is 35.7 Å². The number of nitrogens with zero attached hydrogens (tertiary/aromatic N) is 1. The molecule has 0 heterocycles. The smallest absolute Gasteiger partial charge is 0.221 e. The highest BCUT2D eigenvalue weighted by Gasteiger charge is 2.15. The van der Waals surface area contributed by atoms with Crippen LogP contribution in [0.5, 0.6) is 0 Å². The van der Waals surface area contributed by atoms with Crippen LogP contribution >= 0.6 is 35.7 Å². The van der Waals surface area contributed by atoms with Crippen molar-refractivity contribution in [3.05, 3.63) is 30.3 Å². The molecule has 1 aromatic carbocycles. The third kappa shape index (κ3) is 10.2. The molecule has 0 aromatic heterocycles. The van der Waals surface area contributed by atoms with Gasteiger partial charge in [0.05, 0.1) is 0 Å². The van der Waals surface area contributed by atoms with Gasteiger partial charge < -0.3 is 16.0 Å². The summed E-state index contributed by atoms with van der Waals surface area (Å²) in [6.45, 7) is 3.60. The Morgan fingerprint density at radius 1 is 1.19 bits per heavy atom. The fraction of sp³-hybridized carbons (Fsp3) is 0.600. The van der Waals surface area contributed by atoms with Crippen LogP contribution in [0.1, 0.15) is 45.4 Å². The molecular weight excluding hydrogens is 471 g/mol. The third-order valence-corrected chi connectivity index (χ3v) is 5.59. The minimum atomic E-state index is 0. The van der Waals surface area contributed by atoms with Gasteiger partial charge >= 0.3 is 0 Å². The van der Waals surface area contributed by atoms with Gasteiger partial charge in [0, 0.05) is 42.7 Å². The zero-order valence-electron chi connectivity index (χ0n) is 16.4. The van der Waals surface area contributed by atoms with Crippen molar-refractivity contribution in [2.45, 2.75) is 61.6 Å². The van der Waals surface area contributed by atoms with E-state index in [2.05, 4.69) is 52.1 Å². The maximum Gasteiger partial charge on any atom is 0.221 e. The summed E-state index contributed by atoms with van der Waals surface area (Å²) in [7, 11) is 1.76. The summed E-state index contributed by atoms with van der Waals surface area (Å²) in [6, 6.07) is 10.8. The Labute approximate surface area is 185 Å². The average molecular weight is 504 g/mol. The van der Waals surface area contributed by atoms with Crippen LogP contribution in [0.4, 0.5) is 0 Å². The quantitative estimate of drug-likeness (QED) is 0.218. The molecule has 1 aliphatic rings. The molecule has 2 rings (SSSR count). The lowest BCUT2D eigenvalue weighted by atomic mass is 9.95. The highest BCUT2D eigenvalue weighted by molar-refractivity contribution is 14.0. The zero-order chi connectivity index (χ0) is 18.6. The van der Waals surface area contributed by atoms with Gasteiger partial charge in [-0.2, -0.15) is 0 Å². The second-order valence-corrected chi connectivity index (χ2v) is 8.29. The fourth-order valence-corrected chi connectivity index (χ4v) is 4.02. The molecule has 1 unspecified atom stereocenters. The van der Waals surface area contributed by atoms with Crippen molar-refractivity contribution in [1.82, 2.24) is 16.0 Å². The summed E-state index contributed by atoms with van der Waals surface area (Å²) in [4.78, 5) is 17.5. The van der Waals surface area contributed by atoms with Crippen LogP contribution in [0.2, 0.25) is 0 Å². The van der Waals surface area contributed by atoms with Gasteiger partial charge in [-0.3, -0.25) is 9.79 Å². The van der Waals surface area contributed by atoms with Crippen LogP contribution < -0.4 is 16.0 Å². The Balaban J connectivity index is 0.00000364. The highest BCUT2D eigenvalue weighted by Crippen LogP contribution is 2.21. The Hall–Kier alpha value is -0.960. The Morgan fingerprint density at radius 2 is 1.89 bits per heavy atom. The van der Waals surface area contributed by atoms with E-state index in [1.807, 2.05) is 17.8 Å². The van der Waals surface area contributed by atoms with Crippen LogP contribution in [0.25, 0.3) is 0 Å². The Morgan fingerprint density at radius 3 is 2.56 bits per heavy atom. The number of benzene rings is 1. The molecule has 0 radical (unpaired) electrons. The first-order chi connectivity index (χ1) is 12.7. The van der Waals surface area contributed by atoms with E-state index in [0.29, 0.717) is 24.3 Å². The summed E-state index contributed by atoms with van der Waals surface area (Å²) < 4.78 is 0. The van der Waals surface area contributed by atoms with E-state index >= 15 is 0 Å². The number of carbonyl (C=O) groups excluding carboxylic acids is 1. The predicted molar refractivity (Wildman–Crippen MR) is 126 cm³/mol. The maximum absolute atomic E-state index is 12.0. The summed E-state index contributed by atoms with van der Waals surface area (Å²) >= 11 is 1.83. The van der Waals surface area contributed by atoms with Gasteiger partial charge in [-0.25, -0.2) is 0 Å². The van der Waals surface area contributed by atoms with E-state index < -0.39 is 0 Å². The standard InChI is InChI=1S/C20H32N4OS.HI/c1-16(26-18-11-7-4-8-12-18)15-23-20(21-2)22-14-13-19(25)24-17-9-5-3-6-10-17;/h4,7-8,11-12,16-17H,3,5-6,9-10,13-15H2,1-2H3,(H,24,25)(H2,21,22,23);1H. The maximum atomic E-state index is 12.0. The van der Waals surface area contributed by atoms with Crippen molar-refractivity contribution >= 4 is 47.6 Å². The molecule has 0 bridgehead atoms. The molecule has 27 heavy (non-hydrogen) atoms. The first-order valence-electron chi connectivity index (χ1n) is 9.63.